The minimum atomic E-state index is -0.966. The molecule has 1 aromatic carbocycles. The van der Waals surface area contributed by atoms with Gasteiger partial charge in [-0.25, -0.2) is 9.79 Å². The van der Waals surface area contributed by atoms with E-state index in [1.54, 1.807) is 0 Å². The number of ether oxygens (including phenoxy) is 2. The minimum Gasteiger partial charge on any atom is -0.465 e. The highest BCUT2D eigenvalue weighted by molar-refractivity contribution is 7.89. The van der Waals surface area contributed by atoms with Gasteiger partial charge >= 0.3 is 5.97 Å². The van der Waals surface area contributed by atoms with Crippen molar-refractivity contribution in [2.24, 2.45) is 4.99 Å². The van der Waals surface area contributed by atoms with E-state index in [-0.39, 0.29) is 12.0 Å². The summed E-state index contributed by atoms with van der Waals surface area (Å²) in [4.78, 5) is 19.9. The molecule has 4 aliphatic heterocycles. The van der Waals surface area contributed by atoms with Crippen LogP contribution >= 0.6 is 0 Å². The predicted octanol–water partition coefficient (Wildman–Crippen LogP) is 2.07. The molecule has 3 saturated heterocycles. The van der Waals surface area contributed by atoms with Crippen molar-refractivity contribution in [2.75, 3.05) is 39.2 Å². The van der Waals surface area contributed by atoms with Crippen molar-refractivity contribution in [3.63, 3.8) is 0 Å². The third kappa shape index (κ3) is 4.80. The van der Waals surface area contributed by atoms with E-state index >= 15 is 0 Å². The van der Waals surface area contributed by atoms with Gasteiger partial charge in [-0.05, 0) is 55.7 Å². The van der Waals surface area contributed by atoms with Crippen molar-refractivity contribution in [3.05, 3.63) is 46.1 Å². The normalized spacial score (nSPS) is 26.5. The third-order valence-corrected chi connectivity index (χ3v) is 8.63. The molecule has 4 heterocycles. The quantitative estimate of drug-likeness (QED) is 0.648. The summed E-state index contributed by atoms with van der Waals surface area (Å²) in [5.74, 6) is 2.65. The van der Waals surface area contributed by atoms with E-state index in [0.717, 1.165) is 75.1 Å². The Morgan fingerprint density at radius 3 is 2.58 bits per heavy atom. The fourth-order valence-corrected chi connectivity index (χ4v) is 6.59. The number of nitrogens with one attached hydrogen (secondary N) is 2. The maximum atomic E-state index is 12.7. The molecule has 5 rings (SSSR count). The molecule has 2 N–H and O–H groups in total. The number of likely N-dealkylation sites (tertiary alicyclic amines) is 1. The molecule has 0 saturated carbocycles. The molecule has 2 atom stereocenters. The Bertz CT molecular complexity index is 963. The van der Waals surface area contributed by atoms with Crippen molar-refractivity contribution < 1.29 is 18.5 Å². The minimum absolute atomic E-state index is 0.00742. The van der Waals surface area contributed by atoms with E-state index in [1.807, 2.05) is 24.3 Å². The van der Waals surface area contributed by atoms with Crippen LogP contribution in [0.15, 0.2) is 40.0 Å². The summed E-state index contributed by atoms with van der Waals surface area (Å²) in [5.41, 5.74) is 1.84. The zero-order chi connectivity index (χ0) is 22.8. The Morgan fingerprint density at radius 1 is 1.15 bits per heavy atom. The average Bonchev–Trinajstić information content (AvgIpc) is 3.25. The Hall–Kier alpha value is -2.39. The highest BCUT2D eigenvalue weighted by atomic mass is 32.2. The largest absolute Gasteiger partial charge is 0.465 e. The fraction of sp³-hybridized carbons (Fsp3) is 0.583. The van der Waals surface area contributed by atoms with Crippen molar-refractivity contribution in [1.29, 1.82) is 0 Å². The van der Waals surface area contributed by atoms with Crippen molar-refractivity contribution >= 4 is 22.7 Å². The van der Waals surface area contributed by atoms with Gasteiger partial charge in [-0.15, -0.1) is 0 Å². The molecular weight excluding hydrogens is 440 g/mol. The van der Waals surface area contributed by atoms with Gasteiger partial charge in [0, 0.05) is 38.1 Å². The predicted molar refractivity (Wildman–Crippen MR) is 127 cm³/mol. The maximum absolute atomic E-state index is 12.7. The van der Waals surface area contributed by atoms with E-state index in [4.69, 9.17) is 14.5 Å². The number of methoxy groups -OCH3 is 1. The lowest BCUT2D eigenvalue weighted by atomic mass is 9.89. The van der Waals surface area contributed by atoms with Gasteiger partial charge in [0.2, 0.25) is 0 Å². The molecule has 1 aromatic rings. The number of hydrogen-bond donors (Lipinski definition) is 2. The number of fused-ring (bicyclic) bond motifs is 1. The molecule has 9 heteroatoms. The highest BCUT2D eigenvalue weighted by Crippen LogP contribution is 2.32. The molecule has 4 aliphatic rings. The first-order chi connectivity index (χ1) is 16.1. The molecule has 0 bridgehead atoms. The average molecular weight is 473 g/mol. The monoisotopic (exact) mass is 472 g/mol. The first kappa shape index (κ1) is 22.4. The van der Waals surface area contributed by atoms with Gasteiger partial charge in [0.05, 0.1) is 34.4 Å². The zero-order valence-electron chi connectivity index (χ0n) is 19.0. The summed E-state index contributed by atoms with van der Waals surface area (Å²) < 4.78 is 23.0. The lowest BCUT2D eigenvalue weighted by molar-refractivity contribution is 0.0600. The van der Waals surface area contributed by atoms with Gasteiger partial charge in [-0.2, -0.15) is 0 Å². The van der Waals surface area contributed by atoms with E-state index in [0.29, 0.717) is 23.3 Å². The number of carbonyl (C=O) groups excluding carboxylic acids is 1. The Labute approximate surface area is 197 Å². The van der Waals surface area contributed by atoms with Crippen LogP contribution in [0.25, 0.3) is 0 Å². The SMILES string of the molecule is COC(=O)c1ccc(C2CCN(C3=NC4CCS(=O)C4=C(NC4CCOCC4)N3)CC2)cc1. The van der Waals surface area contributed by atoms with Crippen LogP contribution in [0.3, 0.4) is 0 Å². The Kier molecular flexibility index (Phi) is 6.69. The Morgan fingerprint density at radius 2 is 1.88 bits per heavy atom. The molecule has 33 heavy (non-hydrogen) atoms. The number of hydrogen-bond acceptors (Lipinski definition) is 8. The summed E-state index contributed by atoms with van der Waals surface area (Å²) >= 11 is 0. The van der Waals surface area contributed by atoms with Crippen molar-refractivity contribution in [3.8, 4) is 0 Å². The van der Waals surface area contributed by atoms with Gasteiger partial charge in [-0.3, -0.25) is 4.21 Å². The van der Waals surface area contributed by atoms with E-state index in [9.17, 15) is 9.00 Å². The summed E-state index contributed by atoms with van der Waals surface area (Å²) in [7, 11) is 0.437. The second-order valence-corrected chi connectivity index (χ2v) is 10.6. The van der Waals surface area contributed by atoms with E-state index in [2.05, 4.69) is 15.5 Å². The number of carbonyl (C=O) groups is 1. The number of piperidine rings is 1. The first-order valence-electron chi connectivity index (χ1n) is 11.9. The van der Waals surface area contributed by atoms with Crippen LogP contribution in [0.2, 0.25) is 0 Å². The smallest absolute Gasteiger partial charge is 0.337 e. The number of esters is 1. The van der Waals surface area contributed by atoms with Crippen LogP contribution < -0.4 is 10.6 Å². The number of benzene rings is 1. The van der Waals surface area contributed by atoms with Crippen LogP contribution in [-0.4, -0.2) is 72.3 Å². The highest BCUT2D eigenvalue weighted by Gasteiger charge is 2.37. The lowest BCUT2D eigenvalue weighted by Gasteiger charge is -2.38. The molecule has 3 fully saturated rings. The van der Waals surface area contributed by atoms with Crippen molar-refractivity contribution in [2.45, 2.75) is 50.1 Å². The third-order valence-electron chi connectivity index (χ3n) is 7.05. The van der Waals surface area contributed by atoms with E-state index < -0.39 is 10.8 Å². The van der Waals surface area contributed by atoms with Crippen molar-refractivity contribution in [1.82, 2.24) is 15.5 Å². The molecule has 0 amide bonds. The summed E-state index contributed by atoms with van der Waals surface area (Å²) in [6.45, 7) is 3.35. The van der Waals surface area contributed by atoms with Crippen LogP contribution in [0, 0.1) is 0 Å². The number of rotatable bonds is 4. The summed E-state index contributed by atoms with van der Waals surface area (Å²) in [6, 6.07) is 8.13. The van der Waals surface area contributed by atoms with Gasteiger partial charge in [0.1, 0.15) is 5.82 Å². The summed E-state index contributed by atoms with van der Waals surface area (Å²) in [6.07, 6.45) is 4.81. The first-order valence-corrected chi connectivity index (χ1v) is 13.2. The molecule has 0 radical (unpaired) electrons. The van der Waals surface area contributed by atoms with Crippen LogP contribution in [-0.2, 0) is 20.3 Å². The number of nitrogens with zero attached hydrogens (tertiary/aromatic N) is 2. The molecule has 0 aliphatic carbocycles. The molecule has 8 nitrogen and oxygen atoms in total. The van der Waals surface area contributed by atoms with Gasteiger partial charge in [-0.1, -0.05) is 12.1 Å². The van der Waals surface area contributed by atoms with Crippen LogP contribution in [0.5, 0.6) is 0 Å². The zero-order valence-corrected chi connectivity index (χ0v) is 19.9. The van der Waals surface area contributed by atoms with Gasteiger partial charge in [0.15, 0.2) is 5.96 Å². The topological polar surface area (TPSA) is 92.3 Å². The van der Waals surface area contributed by atoms with E-state index in [1.165, 1.54) is 12.7 Å². The second kappa shape index (κ2) is 9.85. The molecule has 2 unspecified atom stereocenters. The van der Waals surface area contributed by atoms with Gasteiger partial charge in [0.25, 0.3) is 0 Å². The summed E-state index contributed by atoms with van der Waals surface area (Å²) in [5, 5.41) is 7.15. The number of guanidine groups is 1. The fourth-order valence-electron chi connectivity index (χ4n) is 5.12. The Balaban J connectivity index is 1.24. The maximum Gasteiger partial charge on any atom is 0.337 e. The molecule has 0 aromatic heterocycles. The standard InChI is InChI=1S/C24H32N4O4S/c1-31-23(29)18-4-2-16(3-5-18)17-6-11-28(12-7-17)24-26-20-10-15-33(30)21(20)22(27-24)25-19-8-13-32-14-9-19/h2-5,17,19-20,25H,6-15H2,1H3,(H,26,27). The van der Waals surface area contributed by atoms with Crippen LogP contribution in [0.4, 0.5) is 0 Å². The molecule has 178 valence electrons. The second-order valence-electron chi connectivity index (χ2n) is 9.08. The number of aliphatic imine (C=N–C) groups is 1. The lowest BCUT2D eigenvalue weighted by Crippen LogP contribution is -2.51. The molecular formula is C24H32N4O4S. The van der Waals surface area contributed by atoms with Crippen LogP contribution in [0.1, 0.15) is 53.9 Å². The molecule has 0 spiro atoms. The van der Waals surface area contributed by atoms with Gasteiger partial charge < -0.3 is 25.0 Å².